The van der Waals surface area contributed by atoms with Crippen molar-refractivity contribution in [3.05, 3.63) is 68.8 Å². The summed E-state index contributed by atoms with van der Waals surface area (Å²) < 4.78 is 27.9. The van der Waals surface area contributed by atoms with Gasteiger partial charge in [-0.2, -0.15) is 10.2 Å². The summed E-state index contributed by atoms with van der Waals surface area (Å²) in [6, 6.07) is 6.44. The number of rotatable bonds is 5. The van der Waals surface area contributed by atoms with Crippen molar-refractivity contribution in [1.82, 2.24) is 20.0 Å². The highest BCUT2D eigenvalue weighted by atomic mass is 35.5. The molecule has 3 N–H and O–H groups in total. The largest absolute Gasteiger partial charge is 0.497 e. The maximum absolute atomic E-state index is 15.5. The normalized spacial score (nSPS) is 13.6. The third-order valence-corrected chi connectivity index (χ3v) is 5.99. The van der Waals surface area contributed by atoms with E-state index in [4.69, 9.17) is 33.4 Å². The van der Waals surface area contributed by atoms with Crippen LogP contribution in [0.1, 0.15) is 5.69 Å². The van der Waals surface area contributed by atoms with E-state index in [9.17, 15) is 4.79 Å². The van der Waals surface area contributed by atoms with Gasteiger partial charge >= 0.3 is 0 Å². The van der Waals surface area contributed by atoms with Crippen LogP contribution in [-0.2, 0) is 18.3 Å². The number of aromatic nitrogens is 4. The Morgan fingerprint density at radius 1 is 1.38 bits per heavy atom. The number of nitrogens with zero attached hydrogens (tertiary/aromatic N) is 4. The third kappa shape index (κ3) is 3.51. The van der Waals surface area contributed by atoms with E-state index in [0.29, 0.717) is 46.5 Å². The Kier molecular flexibility index (Phi) is 5.53. The van der Waals surface area contributed by atoms with Gasteiger partial charge in [0.15, 0.2) is 0 Å². The molecule has 11 heteroatoms. The van der Waals surface area contributed by atoms with E-state index in [2.05, 4.69) is 20.1 Å². The molecule has 3 heterocycles. The highest BCUT2D eigenvalue weighted by Gasteiger charge is 2.28. The number of H-pyrrole nitrogens is 1. The number of hydrogen-bond donors (Lipinski definition) is 2. The smallest absolute Gasteiger partial charge is 0.272 e. The first-order valence-corrected chi connectivity index (χ1v) is 10.7. The maximum atomic E-state index is 15.5. The lowest BCUT2D eigenvalue weighted by molar-refractivity contribution is -0.0793. The molecule has 0 spiro atoms. The van der Waals surface area contributed by atoms with E-state index in [1.807, 2.05) is 0 Å². The van der Waals surface area contributed by atoms with Crippen LogP contribution in [0.5, 0.6) is 5.75 Å². The Labute approximate surface area is 197 Å². The molecule has 0 bridgehead atoms. The number of fused-ring (bicyclic) bond motifs is 1. The summed E-state index contributed by atoms with van der Waals surface area (Å²) in [5, 5.41) is 11.6. The minimum absolute atomic E-state index is 0.0137. The zero-order valence-electron chi connectivity index (χ0n) is 17.9. The van der Waals surface area contributed by atoms with E-state index in [1.165, 1.54) is 10.7 Å². The van der Waals surface area contributed by atoms with Crippen LogP contribution in [0.25, 0.3) is 38.0 Å². The molecule has 1 fully saturated rings. The molecule has 0 amide bonds. The number of aromatic amines is 1. The predicted octanol–water partition coefficient (Wildman–Crippen LogP) is 3.57. The van der Waals surface area contributed by atoms with Crippen LogP contribution in [-0.4, -0.2) is 39.3 Å². The van der Waals surface area contributed by atoms with Crippen LogP contribution >= 0.6 is 11.6 Å². The summed E-state index contributed by atoms with van der Waals surface area (Å²) in [6.45, 7) is 8.64. The average molecular weight is 481 g/mol. The van der Waals surface area contributed by atoms with Gasteiger partial charge in [0.25, 0.3) is 5.56 Å². The Morgan fingerprint density at radius 2 is 2.18 bits per heavy atom. The van der Waals surface area contributed by atoms with Crippen LogP contribution in [0.2, 0.25) is 5.02 Å². The predicted molar refractivity (Wildman–Crippen MR) is 124 cm³/mol. The molecule has 5 rings (SSSR count). The van der Waals surface area contributed by atoms with Gasteiger partial charge in [0.05, 0.1) is 47.8 Å². The van der Waals surface area contributed by atoms with Gasteiger partial charge < -0.3 is 15.2 Å². The van der Waals surface area contributed by atoms with Crippen LogP contribution < -0.4 is 16.0 Å². The average Bonchev–Trinajstić information content (AvgIpc) is 3.19. The second kappa shape index (κ2) is 8.53. The van der Waals surface area contributed by atoms with Gasteiger partial charge in [0.1, 0.15) is 17.7 Å². The van der Waals surface area contributed by atoms with Crippen molar-refractivity contribution in [2.45, 2.75) is 12.6 Å². The topological polar surface area (TPSA) is 112 Å². The summed E-state index contributed by atoms with van der Waals surface area (Å²) in [7, 11) is 1.64. The molecule has 0 saturated carbocycles. The Hall–Kier alpha value is -3.78. The van der Waals surface area contributed by atoms with Crippen molar-refractivity contribution in [2.75, 3.05) is 13.2 Å². The number of halogens is 2. The van der Waals surface area contributed by atoms with Crippen molar-refractivity contribution in [3.63, 3.8) is 0 Å². The number of aryl methyl sites for hydroxylation is 1. The first-order chi connectivity index (χ1) is 16.4. The second-order valence-corrected chi connectivity index (χ2v) is 8.18. The van der Waals surface area contributed by atoms with Gasteiger partial charge in [-0.05, 0) is 23.8 Å². The van der Waals surface area contributed by atoms with Gasteiger partial charge in [-0.3, -0.25) is 9.48 Å². The van der Waals surface area contributed by atoms with Gasteiger partial charge in [0.2, 0.25) is 5.69 Å². The summed E-state index contributed by atoms with van der Waals surface area (Å²) in [5.41, 5.74) is 7.46. The Morgan fingerprint density at radius 3 is 2.85 bits per heavy atom. The lowest BCUT2D eigenvalue weighted by Gasteiger charge is -2.28. The number of hydrogen-bond acceptors (Lipinski definition) is 6. The van der Waals surface area contributed by atoms with Crippen molar-refractivity contribution >= 4 is 28.1 Å². The summed E-state index contributed by atoms with van der Waals surface area (Å²) in [4.78, 5) is 15.8. The SMILES string of the molecule is [C-]#[N+]c1c(OC2COC2)cc(Cl)c(F)c1-c1c(-c2ccc3c(=O)[nH]nc(CN)c3c2)cnn1C. The first-order valence-electron chi connectivity index (χ1n) is 10.3. The summed E-state index contributed by atoms with van der Waals surface area (Å²) in [5.74, 6) is -0.576. The molecule has 172 valence electrons. The Balaban J connectivity index is 1.74. The van der Waals surface area contributed by atoms with E-state index in [1.54, 1.807) is 31.4 Å². The second-order valence-electron chi connectivity index (χ2n) is 7.78. The van der Waals surface area contributed by atoms with E-state index >= 15 is 4.39 Å². The molecule has 0 atom stereocenters. The number of ether oxygens (including phenoxy) is 2. The monoisotopic (exact) mass is 480 g/mol. The molecular weight excluding hydrogens is 463 g/mol. The van der Waals surface area contributed by atoms with Gasteiger partial charge in [0, 0.05) is 30.1 Å². The van der Waals surface area contributed by atoms with E-state index in [-0.39, 0.29) is 40.2 Å². The van der Waals surface area contributed by atoms with Gasteiger partial charge in [-0.15, -0.1) is 0 Å². The molecule has 0 radical (unpaired) electrons. The minimum Gasteiger partial charge on any atom is -0.497 e. The van der Waals surface area contributed by atoms with Crippen LogP contribution in [0.3, 0.4) is 0 Å². The lowest BCUT2D eigenvalue weighted by atomic mass is 9.97. The molecule has 1 saturated heterocycles. The maximum Gasteiger partial charge on any atom is 0.272 e. The van der Waals surface area contributed by atoms with Crippen molar-refractivity contribution in [3.8, 4) is 28.1 Å². The molecule has 9 nitrogen and oxygen atoms in total. The van der Waals surface area contributed by atoms with Crippen molar-refractivity contribution in [1.29, 1.82) is 0 Å². The molecule has 1 aliphatic rings. The number of nitrogens with two attached hydrogens (primary N) is 1. The fraction of sp³-hybridized carbons (Fsp3) is 0.217. The summed E-state index contributed by atoms with van der Waals surface area (Å²) >= 11 is 6.22. The van der Waals surface area contributed by atoms with Crippen LogP contribution in [0, 0.1) is 12.4 Å². The quantitative estimate of drug-likeness (QED) is 0.422. The lowest BCUT2D eigenvalue weighted by Crippen LogP contribution is -2.38. The molecular formula is C23H18ClFN6O3. The third-order valence-electron chi connectivity index (χ3n) is 5.72. The van der Waals surface area contributed by atoms with Crippen LogP contribution in [0.4, 0.5) is 10.1 Å². The minimum atomic E-state index is -0.753. The molecule has 0 unspecified atom stereocenters. The first kappa shape index (κ1) is 22.0. The number of nitrogens with one attached hydrogen (secondary N) is 1. The zero-order valence-corrected chi connectivity index (χ0v) is 18.7. The van der Waals surface area contributed by atoms with Crippen molar-refractivity contribution in [2.24, 2.45) is 12.8 Å². The highest BCUT2D eigenvalue weighted by Crippen LogP contribution is 2.47. The molecule has 1 aliphatic heterocycles. The molecule has 2 aromatic heterocycles. The van der Waals surface area contributed by atoms with Crippen molar-refractivity contribution < 1.29 is 13.9 Å². The molecule has 4 aromatic rings. The van der Waals surface area contributed by atoms with E-state index in [0.717, 1.165) is 0 Å². The molecule has 34 heavy (non-hydrogen) atoms. The van der Waals surface area contributed by atoms with E-state index < -0.39 is 5.82 Å². The Bertz CT molecular complexity index is 1540. The molecule has 2 aromatic carbocycles. The highest BCUT2D eigenvalue weighted by molar-refractivity contribution is 6.31. The fourth-order valence-electron chi connectivity index (χ4n) is 3.96. The molecule has 0 aliphatic carbocycles. The summed E-state index contributed by atoms with van der Waals surface area (Å²) in [6.07, 6.45) is 1.33. The van der Waals surface area contributed by atoms with Crippen LogP contribution in [0.15, 0.2) is 35.3 Å². The fourth-order valence-corrected chi connectivity index (χ4v) is 4.15. The zero-order chi connectivity index (χ0) is 24.0. The number of benzene rings is 2. The van der Waals surface area contributed by atoms with Gasteiger partial charge in [-0.25, -0.2) is 14.3 Å². The van der Waals surface area contributed by atoms with Gasteiger partial charge in [-0.1, -0.05) is 17.7 Å². The standard InChI is InChI=1S/C23H18ClFN6O3/c1-27-21-18(34-12-9-33-10-12)6-16(24)20(25)19(21)22-15(8-28-31(22)2)11-3-4-13-14(5-11)17(7-26)29-30-23(13)32/h3-6,8,12H,7,9-10,26H2,2H3,(H,30,32).